The van der Waals surface area contributed by atoms with E-state index in [1.54, 1.807) is 19.2 Å². The van der Waals surface area contributed by atoms with Gasteiger partial charge < -0.3 is 4.74 Å². The van der Waals surface area contributed by atoms with E-state index in [1.165, 1.54) is 6.07 Å². The van der Waals surface area contributed by atoms with Crippen molar-refractivity contribution in [2.24, 2.45) is 0 Å². The molecule has 0 saturated carbocycles. The van der Waals surface area contributed by atoms with Crippen LogP contribution in [0.3, 0.4) is 0 Å². The second-order valence-corrected chi connectivity index (χ2v) is 4.39. The van der Waals surface area contributed by atoms with E-state index < -0.39 is 0 Å². The summed E-state index contributed by atoms with van der Waals surface area (Å²) >= 11 is 0. The Morgan fingerprint density at radius 2 is 1.84 bits per heavy atom. The van der Waals surface area contributed by atoms with E-state index in [0.29, 0.717) is 6.42 Å². The fourth-order valence-electron chi connectivity index (χ4n) is 1.93. The fraction of sp³-hybridized carbons (Fsp3) is 0.200. The van der Waals surface area contributed by atoms with Crippen molar-refractivity contribution in [3.63, 3.8) is 0 Å². The number of nitro groups is 1. The minimum absolute atomic E-state index is 0.133. The standard InChI is InChI=1S/C15H15NO3/c1-11-3-6-14(16(17)18)10-13(11)9-12-4-7-15(19-2)8-5-12/h3-8,10H,9H2,1-2H3. The molecule has 19 heavy (non-hydrogen) atoms. The molecule has 0 fully saturated rings. The van der Waals surface area contributed by atoms with Crippen LogP contribution in [0.15, 0.2) is 42.5 Å². The Bertz CT molecular complexity index is 591. The molecule has 0 saturated heterocycles. The maximum absolute atomic E-state index is 10.8. The second kappa shape index (κ2) is 5.52. The zero-order valence-corrected chi connectivity index (χ0v) is 10.9. The molecule has 0 heterocycles. The number of aryl methyl sites for hydroxylation is 1. The van der Waals surface area contributed by atoms with Crippen LogP contribution in [-0.4, -0.2) is 12.0 Å². The lowest BCUT2D eigenvalue weighted by molar-refractivity contribution is -0.384. The summed E-state index contributed by atoms with van der Waals surface area (Å²) in [6.45, 7) is 1.96. The van der Waals surface area contributed by atoms with Crippen LogP contribution in [-0.2, 0) is 6.42 Å². The zero-order chi connectivity index (χ0) is 13.8. The first-order valence-corrected chi connectivity index (χ1v) is 5.97. The number of hydrogen-bond acceptors (Lipinski definition) is 3. The molecule has 0 spiro atoms. The quantitative estimate of drug-likeness (QED) is 0.622. The van der Waals surface area contributed by atoms with Crippen LogP contribution < -0.4 is 4.74 Å². The Morgan fingerprint density at radius 1 is 1.16 bits per heavy atom. The molecule has 2 aromatic carbocycles. The fourth-order valence-corrected chi connectivity index (χ4v) is 1.93. The Balaban J connectivity index is 2.26. The first-order valence-electron chi connectivity index (χ1n) is 5.97. The normalized spacial score (nSPS) is 10.2. The van der Waals surface area contributed by atoms with Crippen molar-refractivity contribution in [3.8, 4) is 5.75 Å². The predicted molar refractivity (Wildman–Crippen MR) is 73.6 cm³/mol. The molecule has 2 aromatic rings. The lowest BCUT2D eigenvalue weighted by Crippen LogP contribution is -1.95. The lowest BCUT2D eigenvalue weighted by atomic mass is 10.00. The van der Waals surface area contributed by atoms with E-state index in [1.807, 2.05) is 31.2 Å². The molecule has 0 radical (unpaired) electrons. The molecule has 0 amide bonds. The molecule has 0 unspecified atom stereocenters. The largest absolute Gasteiger partial charge is 0.497 e. The van der Waals surface area contributed by atoms with Crippen molar-refractivity contribution in [2.75, 3.05) is 7.11 Å². The van der Waals surface area contributed by atoms with Crippen molar-refractivity contribution >= 4 is 5.69 Å². The molecule has 0 bridgehead atoms. The van der Waals surface area contributed by atoms with Crippen molar-refractivity contribution in [1.29, 1.82) is 0 Å². The summed E-state index contributed by atoms with van der Waals surface area (Å²) in [5.74, 6) is 0.805. The Morgan fingerprint density at radius 3 is 2.42 bits per heavy atom. The average Bonchev–Trinajstić information content (AvgIpc) is 2.42. The van der Waals surface area contributed by atoms with Gasteiger partial charge in [-0.25, -0.2) is 0 Å². The summed E-state index contributed by atoms with van der Waals surface area (Å²) in [6.07, 6.45) is 0.678. The maximum atomic E-state index is 10.8. The monoisotopic (exact) mass is 257 g/mol. The SMILES string of the molecule is COc1ccc(Cc2cc([N+](=O)[O-])ccc2C)cc1. The topological polar surface area (TPSA) is 52.4 Å². The average molecular weight is 257 g/mol. The molecule has 4 nitrogen and oxygen atoms in total. The van der Waals surface area contributed by atoms with Crippen molar-refractivity contribution in [1.82, 2.24) is 0 Å². The second-order valence-electron chi connectivity index (χ2n) is 4.39. The van der Waals surface area contributed by atoms with Gasteiger partial charge in [0.05, 0.1) is 12.0 Å². The van der Waals surface area contributed by atoms with E-state index in [2.05, 4.69) is 0 Å². The van der Waals surface area contributed by atoms with Gasteiger partial charge in [0.2, 0.25) is 0 Å². The molecule has 2 rings (SSSR count). The van der Waals surface area contributed by atoms with Crippen LogP contribution in [0.5, 0.6) is 5.75 Å². The molecule has 0 aromatic heterocycles. The van der Waals surface area contributed by atoms with Crippen LogP contribution in [0, 0.1) is 17.0 Å². The van der Waals surface area contributed by atoms with E-state index in [-0.39, 0.29) is 10.6 Å². The molecule has 0 aliphatic rings. The summed E-state index contributed by atoms with van der Waals surface area (Å²) in [6, 6.07) is 12.7. The third kappa shape index (κ3) is 3.10. The molecular formula is C15H15NO3. The highest BCUT2D eigenvalue weighted by molar-refractivity contribution is 5.42. The first kappa shape index (κ1) is 13.1. The van der Waals surface area contributed by atoms with E-state index in [9.17, 15) is 10.1 Å². The summed E-state index contributed by atoms with van der Waals surface area (Å²) in [5, 5.41) is 10.8. The van der Waals surface area contributed by atoms with E-state index >= 15 is 0 Å². The summed E-state index contributed by atoms with van der Waals surface area (Å²) in [4.78, 5) is 10.4. The molecule has 4 heteroatoms. The number of benzene rings is 2. The third-order valence-corrected chi connectivity index (χ3v) is 3.10. The first-order chi connectivity index (χ1) is 9.10. The smallest absolute Gasteiger partial charge is 0.269 e. The Kier molecular flexibility index (Phi) is 3.80. The van der Waals surface area contributed by atoms with Crippen LogP contribution in [0.2, 0.25) is 0 Å². The molecule has 0 atom stereocenters. The van der Waals surface area contributed by atoms with Crippen LogP contribution in [0.25, 0.3) is 0 Å². The molecular weight excluding hydrogens is 242 g/mol. The van der Waals surface area contributed by atoms with Gasteiger partial charge in [-0.1, -0.05) is 18.2 Å². The number of ether oxygens (including phenoxy) is 1. The van der Waals surface area contributed by atoms with E-state index in [0.717, 1.165) is 22.4 Å². The van der Waals surface area contributed by atoms with Gasteiger partial charge in [-0.2, -0.15) is 0 Å². The zero-order valence-electron chi connectivity index (χ0n) is 10.9. The number of nitro benzene ring substituents is 1. The molecule has 0 aliphatic carbocycles. The number of hydrogen-bond donors (Lipinski definition) is 0. The van der Waals surface area contributed by atoms with Gasteiger partial charge in [0, 0.05) is 12.1 Å². The molecule has 0 aliphatic heterocycles. The molecule has 0 N–H and O–H groups in total. The lowest BCUT2D eigenvalue weighted by Gasteiger charge is -2.07. The van der Waals surface area contributed by atoms with Crippen molar-refractivity contribution < 1.29 is 9.66 Å². The van der Waals surface area contributed by atoms with Crippen LogP contribution in [0.1, 0.15) is 16.7 Å². The van der Waals surface area contributed by atoms with Gasteiger partial charge in [-0.15, -0.1) is 0 Å². The number of rotatable bonds is 4. The van der Waals surface area contributed by atoms with E-state index in [4.69, 9.17) is 4.74 Å². The Hall–Kier alpha value is -2.36. The maximum Gasteiger partial charge on any atom is 0.269 e. The Labute approximate surface area is 111 Å². The third-order valence-electron chi connectivity index (χ3n) is 3.10. The minimum atomic E-state index is -0.364. The summed E-state index contributed by atoms with van der Waals surface area (Å²) in [5.41, 5.74) is 3.26. The van der Waals surface area contributed by atoms with Crippen LogP contribution >= 0.6 is 0 Å². The van der Waals surface area contributed by atoms with Gasteiger partial charge in [0.1, 0.15) is 5.75 Å². The predicted octanol–water partition coefficient (Wildman–Crippen LogP) is 3.50. The molecule has 98 valence electrons. The van der Waals surface area contributed by atoms with Crippen LogP contribution in [0.4, 0.5) is 5.69 Å². The highest BCUT2D eigenvalue weighted by Crippen LogP contribution is 2.21. The van der Waals surface area contributed by atoms with Crippen molar-refractivity contribution in [2.45, 2.75) is 13.3 Å². The van der Waals surface area contributed by atoms with Gasteiger partial charge in [0.15, 0.2) is 0 Å². The van der Waals surface area contributed by atoms with Gasteiger partial charge in [-0.05, 0) is 42.2 Å². The number of nitrogens with zero attached hydrogens (tertiary/aromatic N) is 1. The number of methoxy groups -OCH3 is 1. The highest BCUT2D eigenvalue weighted by atomic mass is 16.6. The summed E-state index contributed by atoms with van der Waals surface area (Å²) < 4.78 is 5.10. The van der Waals surface area contributed by atoms with Gasteiger partial charge >= 0.3 is 0 Å². The minimum Gasteiger partial charge on any atom is -0.497 e. The van der Waals surface area contributed by atoms with Gasteiger partial charge in [-0.3, -0.25) is 10.1 Å². The van der Waals surface area contributed by atoms with Gasteiger partial charge in [0.25, 0.3) is 5.69 Å². The summed E-state index contributed by atoms with van der Waals surface area (Å²) in [7, 11) is 1.62. The highest BCUT2D eigenvalue weighted by Gasteiger charge is 2.09. The number of non-ortho nitro benzene ring substituents is 1. The van der Waals surface area contributed by atoms with Crippen molar-refractivity contribution in [3.05, 3.63) is 69.3 Å².